The third-order valence-corrected chi connectivity index (χ3v) is 4.97. The van der Waals surface area contributed by atoms with Crippen molar-refractivity contribution in [2.75, 3.05) is 13.2 Å². The highest BCUT2D eigenvalue weighted by Crippen LogP contribution is 2.30. The number of amides is 1. The lowest BCUT2D eigenvalue weighted by Gasteiger charge is -2.10. The Morgan fingerprint density at radius 1 is 1.10 bits per heavy atom. The van der Waals surface area contributed by atoms with Crippen molar-refractivity contribution in [2.24, 2.45) is 0 Å². The van der Waals surface area contributed by atoms with E-state index in [2.05, 4.69) is 10.4 Å². The van der Waals surface area contributed by atoms with E-state index >= 15 is 0 Å². The summed E-state index contributed by atoms with van der Waals surface area (Å²) in [6.45, 7) is 4.37. The molecular weight excluding hydrogens is 431 g/mol. The molecule has 3 aromatic rings. The summed E-state index contributed by atoms with van der Waals surface area (Å²) < 4.78 is 44.7. The molecule has 0 aliphatic carbocycles. The zero-order valence-electron chi connectivity index (χ0n) is 17.0. The minimum Gasteiger partial charge on any atom is -0.492 e. The van der Waals surface area contributed by atoms with E-state index in [-0.39, 0.29) is 29.6 Å². The van der Waals surface area contributed by atoms with Crippen LogP contribution >= 0.6 is 11.6 Å². The summed E-state index contributed by atoms with van der Waals surface area (Å²) in [4.78, 5) is 12.5. The van der Waals surface area contributed by atoms with Gasteiger partial charge in [0.2, 0.25) is 0 Å². The molecule has 0 aliphatic heterocycles. The molecule has 0 saturated heterocycles. The van der Waals surface area contributed by atoms with Crippen LogP contribution in [0.1, 0.15) is 32.7 Å². The van der Waals surface area contributed by atoms with Gasteiger partial charge in [0.25, 0.3) is 5.91 Å². The number of hydrogen-bond acceptors (Lipinski definition) is 3. The van der Waals surface area contributed by atoms with Gasteiger partial charge in [-0.05, 0) is 43.7 Å². The predicted octanol–water partition coefficient (Wildman–Crippen LogP) is 5.03. The summed E-state index contributed by atoms with van der Waals surface area (Å²) in [5, 5.41) is 7.28. The predicted molar refractivity (Wildman–Crippen MR) is 112 cm³/mol. The van der Waals surface area contributed by atoms with Crippen molar-refractivity contribution in [2.45, 2.75) is 26.6 Å². The Morgan fingerprint density at radius 2 is 1.74 bits per heavy atom. The molecule has 1 N–H and O–H groups in total. The number of carbonyl (C=O) groups is 1. The summed E-state index contributed by atoms with van der Waals surface area (Å²) in [5.74, 6) is -0.115. The van der Waals surface area contributed by atoms with E-state index in [0.29, 0.717) is 12.2 Å². The molecule has 0 unspecified atom stereocenters. The van der Waals surface area contributed by atoms with Gasteiger partial charge in [-0.25, -0.2) is 4.68 Å². The second-order valence-electron chi connectivity index (χ2n) is 7.02. The van der Waals surface area contributed by atoms with Crippen LogP contribution in [0.15, 0.2) is 48.5 Å². The van der Waals surface area contributed by atoms with Crippen LogP contribution in [0.3, 0.4) is 0 Å². The largest absolute Gasteiger partial charge is 0.492 e. The fourth-order valence-electron chi connectivity index (χ4n) is 2.94. The van der Waals surface area contributed by atoms with E-state index in [1.165, 1.54) is 12.1 Å². The van der Waals surface area contributed by atoms with E-state index < -0.39 is 17.6 Å². The molecular formula is C22H21ClF3N3O2. The van der Waals surface area contributed by atoms with Crippen LogP contribution in [-0.2, 0) is 12.7 Å². The van der Waals surface area contributed by atoms with Crippen LogP contribution in [0.25, 0.3) is 0 Å². The zero-order chi connectivity index (χ0) is 22.6. The molecule has 31 heavy (non-hydrogen) atoms. The zero-order valence-corrected chi connectivity index (χ0v) is 17.7. The molecule has 1 amide bonds. The Bertz CT molecular complexity index is 1050. The second-order valence-corrected chi connectivity index (χ2v) is 7.38. The van der Waals surface area contributed by atoms with Crippen molar-refractivity contribution >= 4 is 17.5 Å². The number of hydrogen-bond donors (Lipinski definition) is 1. The van der Waals surface area contributed by atoms with Crippen LogP contribution in [0.5, 0.6) is 5.75 Å². The first kappa shape index (κ1) is 22.7. The van der Waals surface area contributed by atoms with E-state index in [9.17, 15) is 18.0 Å². The summed E-state index contributed by atoms with van der Waals surface area (Å²) in [6.07, 6.45) is -4.40. The van der Waals surface area contributed by atoms with E-state index in [1.54, 1.807) is 11.6 Å². The topological polar surface area (TPSA) is 56.2 Å². The number of aromatic nitrogens is 2. The Hall–Kier alpha value is -3.00. The summed E-state index contributed by atoms with van der Waals surface area (Å²) in [7, 11) is 0. The first-order valence-corrected chi connectivity index (χ1v) is 9.89. The summed E-state index contributed by atoms with van der Waals surface area (Å²) in [5.41, 5.74) is 2.18. The maximum absolute atomic E-state index is 12.6. The number of carbonyl (C=O) groups excluding carboxylic acids is 1. The molecule has 1 aromatic heterocycles. The Morgan fingerprint density at radius 3 is 2.35 bits per heavy atom. The van der Waals surface area contributed by atoms with Crippen LogP contribution in [0.4, 0.5) is 13.2 Å². The fourth-order valence-corrected chi connectivity index (χ4v) is 3.26. The first-order chi connectivity index (χ1) is 14.6. The normalized spacial score (nSPS) is 11.4. The van der Waals surface area contributed by atoms with Gasteiger partial charge in [0, 0.05) is 0 Å². The monoisotopic (exact) mass is 451 g/mol. The second kappa shape index (κ2) is 9.43. The molecule has 0 fully saturated rings. The van der Waals surface area contributed by atoms with Crippen molar-refractivity contribution in [1.82, 2.24) is 15.1 Å². The third kappa shape index (κ3) is 5.79. The van der Waals surface area contributed by atoms with Crippen LogP contribution in [-0.4, -0.2) is 28.8 Å². The molecule has 0 aliphatic rings. The molecule has 5 nitrogen and oxygen atoms in total. The maximum Gasteiger partial charge on any atom is 0.416 e. The number of rotatable bonds is 7. The Labute approximate surface area is 182 Å². The van der Waals surface area contributed by atoms with Gasteiger partial charge in [0.05, 0.1) is 29.9 Å². The molecule has 1 heterocycles. The molecule has 164 valence electrons. The van der Waals surface area contributed by atoms with Gasteiger partial charge in [-0.3, -0.25) is 4.79 Å². The van der Waals surface area contributed by atoms with Gasteiger partial charge in [-0.15, -0.1) is 0 Å². The fraction of sp³-hybridized carbons (Fsp3) is 0.273. The minimum absolute atomic E-state index is 0.0886. The van der Waals surface area contributed by atoms with Gasteiger partial charge in [-0.1, -0.05) is 41.4 Å². The average molecular weight is 452 g/mol. The molecule has 0 atom stereocenters. The molecule has 3 rings (SSSR count). The van der Waals surface area contributed by atoms with Crippen molar-refractivity contribution in [3.8, 4) is 5.75 Å². The third-order valence-electron chi connectivity index (χ3n) is 4.58. The van der Waals surface area contributed by atoms with Crippen molar-refractivity contribution < 1.29 is 22.7 Å². The number of benzene rings is 2. The number of alkyl halides is 3. The first-order valence-electron chi connectivity index (χ1n) is 9.52. The van der Waals surface area contributed by atoms with Crippen LogP contribution in [0, 0.1) is 13.8 Å². The quantitative estimate of drug-likeness (QED) is 0.513. The number of ether oxygens (including phenoxy) is 1. The standard InChI is InChI=1S/C22H21ClF3N3O2/c1-14-3-5-16(6-4-14)13-29-20(23)19(15(2)28-29)21(30)27-11-12-31-18-9-7-17(8-10-18)22(24,25)26/h3-10H,11-13H2,1-2H3,(H,27,30). The van der Waals surface area contributed by atoms with Gasteiger partial charge in [0.15, 0.2) is 0 Å². The molecule has 9 heteroatoms. The van der Waals surface area contributed by atoms with Gasteiger partial charge < -0.3 is 10.1 Å². The smallest absolute Gasteiger partial charge is 0.416 e. The lowest BCUT2D eigenvalue weighted by atomic mass is 10.1. The summed E-state index contributed by atoms with van der Waals surface area (Å²) >= 11 is 6.38. The van der Waals surface area contributed by atoms with Gasteiger partial charge >= 0.3 is 6.18 Å². The van der Waals surface area contributed by atoms with Gasteiger partial charge in [-0.2, -0.15) is 18.3 Å². The van der Waals surface area contributed by atoms with Crippen molar-refractivity contribution in [3.63, 3.8) is 0 Å². The average Bonchev–Trinajstić information content (AvgIpc) is 2.99. The number of nitrogens with one attached hydrogen (secondary N) is 1. The molecule has 0 saturated carbocycles. The molecule has 2 aromatic carbocycles. The SMILES string of the molecule is Cc1ccc(Cn2nc(C)c(C(=O)NCCOc3ccc(C(F)(F)F)cc3)c2Cl)cc1. The van der Waals surface area contributed by atoms with Gasteiger partial charge in [0.1, 0.15) is 17.5 Å². The molecule has 0 spiro atoms. The highest BCUT2D eigenvalue weighted by molar-refractivity contribution is 6.33. The highest BCUT2D eigenvalue weighted by Gasteiger charge is 2.30. The number of aryl methyl sites for hydroxylation is 2. The number of halogens is 4. The molecule has 0 bridgehead atoms. The lowest BCUT2D eigenvalue weighted by molar-refractivity contribution is -0.137. The maximum atomic E-state index is 12.6. The van der Waals surface area contributed by atoms with Crippen molar-refractivity contribution in [3.05, 3.63) is 81.6 Å². The highest BCUT2D eigenvalue weighted by atomic mass is 35.5. The van der Waals surface area contributed by atoms with Crippen molar-refractivity contribution in [1.29, 1.82) is 0 Å². The Kier molecular flexibility index (Phi) is 6.90. The Balaban J connectivity index is 1.54. The van der Waals surface area contributed by atoms with E-state index in [4.69, 9.17) is 16.3 Å². The molecule has 0 radical (unpaired) electrons. The van der Waals surface area contributed by atoms with Crippen LogP contribution in [0.2, 0.25) is 5.15 Å². The lowest BCUT2D eigenvalue weighted by Crippen LogP contribution is -2.28. The summed E-state index contributed by atoms with van der Waals surface area (Å²) in [6, 6.07) is 12.3. The minimum atomic E-state index is -4.40. The van der Waals surface area contributed by atoms with Crippen LogP contribution < -0.4 is 10.1 Å². The van der Waals surface area contributed by atoms with E-state index in [1.807, 2.05) is 31.2 Å². The number of nitrogens with zero attached hydrogens (tertiary/aromatic N) is 2. The van der Waals surface area contributed by atoms with E-state index in [0.717, 1.165) is 23.3 Å².